The van der Waals surface area contributed by atoms with Gasteiger partial charge in [-0.25, -0.2) is 4.98 Å². The molecule has 0 N–H and O–H groups in total. The first-order valence-electron chi connectivity index (χ1n) is 8.74. The van der Waals surface area contributed by atoms with Crippen LogP contribution in [0.2, 0.25) is 0 Å². The molecule has 0 atom stereocenters. The van der Waals surface area contributed by atoms with Gasteiger partial charge in [0.1, 0.15) is 5.75 Å². The Labute approximate surface area is 157 Å². The predicted octanol–water partition coefficient (Wildman–Crippen LogP) is 4.48. The Morgan fingerprint density at radius 3 is 2.77 bits per heavy atom. The molecular weight excluding hydrogens is 344 g/mol. The molecule has 1 aliphatic heterocycles. The molecule has 26 heavy (non-hydrogen) atoms. The minimum absolute atomic E-state index is 0.00338. The van der Waals surface area contributed by atoms with Gasteiger partial charge < -0.3 is 9.64 Å². The summed E-state index contributed by atoms with van der Waals surface area (Å²) in [6, 6.07) is 15.8. The molecule has 0 saturated heterocycles. The molecule has 1 aromatic heterocycles. The summed E-state index contributed by atoms with van der Waals surface area (Å²) >= 11 is 1.64. The number of fused-ring (bicyclic) bond motifs is 1. The van der Waals surface area contributed by atoms with Crippen LogP contribution in [0, 0.1) is 6.92 Å². The first-order valence-corrected chi connectivity index (χ1v) is 9.62. The summed E-state index contributed by atoms with van der Waals surface area (Å²) in [7, 11) is 0. The maximum absolute atomic E-state index is 12.6. The van der Waals surface area contributed by atoms with Gasteiger partial charge in [0.15, 0.2) is 6.61 Å². The van der Waals surface area contributed by atoms with Crippen LogP contribution in [0.3, 0.4) is 0 Å². The van der Waals surface area contributed by atoms with Crippen molar-refractivity contribution in [2.24, 2.45) is 0 Å². The van der Waals surface area contributed by atoms with E-state index in [0.29, 0.717) is 5.75 Å². The lowest BCUT2D eigenvalue weighted by atomic mass is 10.0. The van der Waals surface area contributed by atoms with E-state index in [1.807, 2.05) is 59.7 Å². The number of para-hydroxylation sites is 1. The molecular formula is C21H20N2O2S. The average Bonchev–Trinajstić information content (AvgIpc) is 3.12. The van der Waals surface area contributed by atoms with Crippen molar-refractivity contribution >= 4 is 22.9 Å². The number of rotatable bonds is 4. The standard InChI is InChI=1S/C21H20N2O2S/c1-15-22-19(14-26-15)16-8-10-18(11-9-16)25-13-21(24)23-12-4-6-17-5-2-3-7-20(17)23/h2-3,5,7-11,14H,4,6,12-13H2,1H3. The van der Waals surface area contributed by atoms with E-state index in [4.69, 9.17) is 4.74 Å². The van der Waals surface area contributed by atoms with Crippen molar-refractivity contribution in [2.45, 2.75) is 19.8 Å². The van der Waals surface area contributed by atoms with Gasteiger partial charge in [0.25, 0.3) is 5.91 Å². The van der Waals surface area contributed by atoms with Crippen LogP contribution in [0.1, 0.15) is 17.0 Å². The largest absolute Gasteiger partial charge is 0.484 e. The van der Waals surface area contributed by atoms with E-state index in [1.165, 1.54) is 5.56 Å². The smallest absolute Gasteiger partial charge is 0.264 e. The maximum Gasteiger partial charge on any atom is 0.264 e. The summed E-state index contributed by atoms with van der Waals surface area (Å²) in [5.41, 5.74) is 4.27. The Hall–Kier alpha value is -2.66. The highest BCUT2D eigenvalue weighted by Crippen LogP contribution is 2.27. The van der Waals surface area contributed by atoms with Crippen LogP contribution >= 0.6 is 11.3 Å². The summed E-state index contributed by atoms with van der Waals surface area (Å²) in [6.07, 6.45) is 2.02. The molecule has 4 rings (SSSR count). The fourth-order valence-electron chi connectivity index (χ4n) is 3.23. The number of ether oxygens (including phenoxy) is 1. The number of benzene rings is 2. The number of thiazole rings is 1. The van der Waals surface area contributed by atoms with Gasteiger partial charge in [-0.15, -0.1) is 11.3 Å². The van der Waals surface area contributed by atoms with Crippen LogP contribution in [0.25, 0.3) is 11.3 Å². The summed E-state index contributed by atoms with van der Waals surface area (Å²) in [4.78, 5) is 18.9. The fraction of sp³-hybridized carbons (Fsp3) is 0.238. The molecule has 0 unspecified atom stereocenters. The van der Waals surface area contributed by atoms with Crippen LogP contribution in [0.4, 0.5) is 5.69 Å². The minimum atomic E-state index is -0.00338. The molecule has 5 heteroatoms. The van der Waals surface area contributed by atoms with Crippen LogP contribution in [0.5, 0.6) is 5.75 Å². The van der Waals surface area contributed by atoms with E-state index >= 15 is 0 Å². The topological polar surface area (TPSA) is 42.4 Å². The molecule has 1 amide bonds. The van der Waals surface area contributed by atoms with Gasteiger partial charge in [-0.3, -0.25) is 4.79 Å². The third-order valence-corrected chi connectivity index (χ3v) is 5.32. The average molecular weight is 364 g/mol. The molecule has 2 aromatic carbocycles. The third-order valence-electron chi connectivity index (χ3n) is 4.54. The van der Waals surface area contributed by atoms with Crippen LogP contribution in [-0.2, 0) is 11.2 Å². The SMILES string of the molecule is Cc1nc(-c2ccc(OCC(=O)N3CCCc4ccccc43)cc2)cs1. The maximum atomic E-state index is 12.6. The van der Waals surface area contributed by atoms with Crippen molar-refractivity contribution in [1.29, 1.82) is 0 Å². The molecule has 0 bridgehead atoms. The molecule has 0 saturated carbocycles. The molecule has 1 aliphatic rings. The number of aromatic nitrogens is 1. The highest BCUT2D eigenvalue weighted by atomic mass is 32.1. The van der Waals surface area contributed by atoms with Gasteiger partial charge in [0.05, 0.1) is 10.7 Å². The summed E-state index contributed by atoms with van der Waals surface area (Å²) < 4.78 is 5.72. The number of aryl methyl sites for hydroxylation is 2. The van der Waals surface area contributed by atoms with Crippen molar-refractivity contribution in [2.75, 3.05) is 18.1 Å². The number of hydrogen-bond donors (Lipinski definition) is 0. The molecule has 0 fully saturated rings. The lowest BCUT2D eigenvalue weighted by Crippen LogP contribution is -2.38. The number of nitrogens with zero attached hydrogens (tertiary/aromatic N) is 2. The number of carbonyl (C=O) groups excluding carboxylic acids is 1. The van der Waals surface area contributed by atoms with E-state index in [-0.39, 0.29) is 12.5 Å². The lowest BCUT2D eigenvalue weighted by Gasteiger charge is -2.29. The Morgan fingerprint density at radius 2 is 2.00 bits per heavy atom. The molecule has 4 nitrogen and oxygen atoms in total. The first kappa shape index (κ1) is 16.8. The lowest BCUT2D eigenvalue weighted by molar-refractivity contribution is -0.120. The van der Waals surface area contributed by atoms with E-state index < -0.39 is 0 Å². The molecule has 0 aliphatic carbocycles. The Morgan fingerprint density at radius 1 is 1.19 bits per heavy atom. The summed E-state index contributed by atoms with van der Waals surface area (Å²) in [5.74, 6) is 0.690. The van der Waals surface area contributed by atoms with Gasteiger partial charge >= 0.3 is 0 Å². The zero-order valence-electron chi connectivity index (χ0n) is 14.6. The van der Waals surface area contributed by atoms with Gasteiger partial charge in [-0.05, 0) is 55.7 Å². The van der Waals surface area contributed by atoms with Crippen molar-refractivity contribution < 1.29 is 9.53 Å². The number of carbonyl (C=O) groups is 1. The first-order chi connectivity index (χ1) is 12.7. The van der Waals surface area contributed by atoms with Crippen LogP contribution in [0.15, 0.2) is 53.9 Å². The fourth-order valence-corrected chi connectivity index (χ4v) is 3.86. The Kier molecular flexibility index (Phi) is 4.71. The van der Waals surface area contributed by atoms with Crippen molar-refractivity contribution in [1.82, 2.24) is 4.98 Å². The summed E-state index contributed by atoms with van der Waals surface area (Å²) in [5, 5.41) is 3.09. The Balaban J connectivity index is 1.41. The normalized spacial score (nSPS) is 13.3. The van der Waals surface area contributed by atoms with Gasteiger partial charge in [0.2, 0.25) is 0 Å². The van der Waals surface area contributed by atoms with Gasteiger partial charge in [-0.2, -0.15) is 0 Å². The number of hydrogen-bond acceptors (Lipinski definition) is 4. The molecule has 0 spiro atoms. The van der Waals surface area contributed by atoms with E-state index in [0.717, 1.165) is 41.3 Å². The molecule has 132 valence electrons. The monoisotopic (exact) mass is 364 g/mol. The quantitative estimate of drug-likeness (QED) is 0.686. The van der Waals surface area contributed by atoms with Crippen LogP contribution < -0.4 is 9.64 Å². The number of anilines is 1. The van der Waals surface area contributed by atoms with E-state index in [1.54, 1.807) is 11.3 Å². The second-order valence-corrected chi connectivity index (χ2v) is 7.40. The van der Waals surface area contributed by atoms with Crippen molar-refractivity contribution in [3.05, 3.63) is 64.5 Å². The molecule has 2 heterocycles. The predicted molar refractivity (Wildman–Crippen MR) is 105 cm³/mol. The highest BCUT2D eigenvalue weighted by molar-refractivity contribution is 7.09. The second-order valence-electron chi connectivity index (χ2n) is 6.34. The van der Waals surface area contributed by atoms with Gasteiger partial charge in [-0.1, -0.05) is 18.2 Å². The van der Waals surface area contributed by atoms with Crippen molar-refractivity contribution in [3.8, 4) is 17.0 Å². The van der Waals surface area contributed by atoms with Crippen LogP contribution in [-0.4, -0.2) is 24.0 Å². The minimum Gasteiger partial charge on any atom is -0.484 e. The third kappa shape index (κ3) is 3.48. The van der Waals surface area contributed by atoms with Crippen molar-refractivity contribution in [3.63, 3.8) is 0 Å². The van der Waals surface area contributed by atoms with Gasteiger partial charge in [0, 0.05) is 23.2 Å². The van der Waals surface area contributed by atoms with E-state index in [9.17, 15) is 4.79 Å². The second kappa shape index (κ2) is 7.30. The molecule has 3 aromatic rings. The molecule has 0 radical (unpaired) electrons. The number of amides is 1. The highest BCUT2D eigenvalue weighted by Gasteiger charge is 2.22. The summed E-state index contributed by atoms with van der Waals surface area (Å²) in [6.45, 7) is 2.79. The zero-order valence-corrected chi connectivity index (χ0v) is 15.5. The van der Waals surface area contributed by atoms with E-state index in [2.05, 4.69) is 11.1 Å². The Bertz CT molecular complexity index is 918. The zero-order chi connectivity index (χ0) is 17.9.